The van der Waals surface area contributed by atoms with Crippen molar-refractivity contribution in [2.75, 3.05) is 38.5 Å². The first-order valence-electron chi connectivity index (χ1n) is 9.38. The van der Waals surface area contributed by atoms with Gasteiger partial charge in [0.2, 0.25) is 10.0 Å². The second-order valence-corrected chi connectivity index (χ2v) is 11.2. The van der Waals surface area contributed by atoms with E-state index in [0.717, 1.165) is 17.2 Å². The van der Waals surface area contributed by atoms with E-state index in [-0.39, 0.29) is 23.7 Å². The summed E-state index contributed by atoms with van der Waals surface area (Å²) >= 11 is 0. The molecule has 0 amide bonds. The van der Waals surface area contributed by atoms with Crippen LogP contribution in [0.5, 0.6) is 0 Å². The van der Waals surface area contributed by atoms with Gasteiger partial charge in [-0.05, 0) is 43.2 Å². The van der Waals surface area contributed by atoms with Gasteiger partial charge in [-0.25, -0.2) is 21.2 Å². The number of nitrogens with zero attached hydrogens (tertiary/aromatic N) is 2. The maximum absolute atomic E-state index is 13.9. The van der Waals surface area contributed by atoms with Gasteiger partial charge in [-0.2, -0.15) is 4.31 Å². The predicted molar refractivity (Wildman–Crippen MR) is 110 cm³/mol. The molecule has 29 heavy (non-hydrogen) atoms. The van der Waals surface area contributed by atoms with E-state index < -0.39 is 25.7 Å². The number of piperazine rings is 1. The molecule has 0 saturated carbocycles. The molecule has 0 spiro atoms. The number of hydrogen-bond acceptors (Lipinski definition) is 5. The lowest BCUT2D eigenvalue weighted by Crippen LogP contribution is -2.49. The lowest BCUT2D eigenvalue weighted by Gasteiger charge is -2.33. The van der Waals surface area contributed by atoms with Gasteiger partial charge in [0, 0.05) is 32.7 Å². The molecule has 0 atom stereocenters. The van der Waals surface area contributed by atoms with Crippen LogP contribution in [0.1, 0.15) is 11.1 Å². The zero-order valence-corrected chi connectivity index (χ0v) is 18.1. The summed E-state index contributed by atoms with van der Waals surface area (Å²) in [6.07, 6.45) is 0. The Bertz CT molecular complexity index is 1090. The SMILES string of the molecule is Cc1ccc(C)c(S(=O)(=O)CCN2CCN(S(=O)(=O)c3ccccc3F)CC2)c1. The van der Waals surface area contributed by atoms with Crippen LogP contribution < -0.4 is 0 Å². The fourth-order valence-corrected chi connectivity index (χ4v) is 6.52. The number of halogens is 1. The minimum Gasteiger partial charge on any atom is -0.300 e. The van der Waals surface area contributed by atoms with E-state index in [4.69, 9.17) is 0 Å². The molecule has 0 unspecified atom stereocenters. The summed E-state index contributed by atoms with van der Waals surface area (Å²) in [6.45, 7) is 5.14. The Kier molecular flexibility index (Phi) is 6.42. The molecule has 158 valence electrons. The Balaban J connectivity index is 1.62. The highest BCUT2D eigenvalue weighted by molar-refractivity contribution is 7.91. The molecular formula is C20H25FN2O4S2. The van der Waals surface area contributed by atoms with Crippen molar-refractivity contribution in [1.82, 2.24) is 9.21 Å². The van der Waals surface area contributed by atoms with Gasteiger partial charge in [0.15, 0.2) is 9.84 Å². The van der Waals surface area contributed by atoms with Crippen LogP contribution >= 0.6 is 0 Å². The van der Waals surface area contributed by atoms with Gasteiger partial charge in [-0.15, -0.1) is 0 Å². The summed E-state index contributed by atoms with van der Waals surface area (Å²) in [5.74, 6) is -0.799. The van der Waals surface area contributed by atoms with E-state index in [1.54, 1.807) is 19.1 Å². The lowest BCUT2D eigenvalue weighted by atomic mass is 10.2. The first-order chi connectivity index (χ1) is 13.6. The summed E-state index contributed by atoms with van der Waals surface area (Å²) in [7, 11) is -7.33. The van der Waals surface area contributed by atoms with E-state index in [1.165, 1.54) is 22.5 Å². The van der Waals surface area contributed by atoms with Crippen molar-refractivity contribution in [2.45, 2.75) is 23.6 Å². The number of sulfone groups is 1. The Labute approximate surface area is 171 Å². The summed E-state index contributed by atoms with van der Waals surface area (Å²) in [6, 6.07) is 10.7. The summed E-state index contributed by atoms with van der Waals surface area (Å²) < 4.78 is 65.9. The summed E-state index contributed by atoms with van der Waals surface area (Å²) in [4.78, 5) is 1.94. The van der Waals surface area contributed by atoms with Gasteiger partial charge in [0.05, 0.1) is 10.6 Å². The van der Waals surface area contributed by atoms with E-state index in [2.05, 4.69) is 0 Å². The molecule has 3 rings (SSSR count). The quantitative estimate of drug-likeness (QED) is 0.689. The number of sulfonamides is 1. The van der Waals surface area contributed by atoms with Gasteiger partial charge in [-0.1, -0.05) is 24.3 Å². The van der Waals surface area contributed by atoms with E-state index in [0.29, 0.717) is 24.5 Å². The van der Waals surface area contributed by atoms with Gasteiger partial charge < -0.3 is 0 Å². The summed E-state index contributed by atoms with van der Waals surface area (Å²) in [5, 5.41) is 0. The molecule has 1 saturated heterocycles. The van der Waals surface area contributed by atoms with Crippen LogP contribution in [0.3, 0.4) is 0 Å². The fraction of sp³-hybridized carbons (Fsp3) is 0.400. The Morgan fingerprint density at radius 3 is 2.21 bits per heavy atom. The molecule has 0 N–H and O–H groups in total. The van der Waals surface area contributed by atoms with E-state index in [9.17, 15) is 21.2 Å². The maximum atomic E-state index is 13.9. The smallest absolute Gasteiger partial charge is 0.246 e. The molecule has 0 radical (unpaired) electrons. The highest BCUT2D eigenvalue weighted by Crippen LogP contribution is 2.21. The molecular weight excluding hydrogens is 415 g/mol. The van der Waals surface area contributed by atoms with Crippen molar-refractivity contribution >= 4 is 19.9 Å². The molecule has 1 aliphatic rings. The van der Waals surface area contributed by atoms with Gasteiger partial charge in [-0.3, -0.25) is 4.90 Å². The van der Waals surface area contributed by atoms with Crippen molar-refractivity contribution in [3.05, 3.63) is 59.4 Å². The van der Waals surface area contributed by atoms with Crippen LogP contribution in [-0.4, -0.2) is 64.5 Å². The van der Waals surface area contributed by atoms with E-state index >= 15 is 0 Å². The molecule has 0 aliphatic carbocycles. The number of benzene rings is 2. The Hall–Kier alpha value is -1.81. The highest BCUT2D eigenvalue weighted by Gasteiger charge is 2.31. The van der Waals surface area contributed by atoms with Crippen molar-refractivity contribution in [1.29, 1.82) is 0 Å². The molecule has 9 heteroatoms. The van der Waals surface area contributed by atoms with Gasteiger partial charge >= 0.3 is 0 Å². The first-order valence-corrected chi connectivity index (χ1v) is 12.5. The standard InChI is InChI=1S/C20H25FN2O4S2/c1-16-7-8-17(2)20(15-16)28(24,25)14-13-22-9-11-23(12-10-22)29(26,27)19-6-4-3-5-18(19)21/h3-8,15H,9-14H2,1-2H3. The second kappa shape index (κ2) is 8.51. The van der Waals surface area contributed by atoms with Crippen LogP contribution in [0.2, 0.25) is 0 Å². The average molecular weight is 441 g/mol. The largest absolute Gasteiger partial charge is 0.300 e. The van der Waals surface area contributed by atoms with Crippen LogP contribution in [-0.2, 0) is 19.9 Å². The fourth-order valence-electron chi connectivity index (χ4n) is 3.39. The van der Waals surface area contributed by atoms with Crippen molar-refractivity contribution in [3.8, 4) is 0 Å². The third-order valence-corrected chi connectivity index (χ3v) is 8.90. The van der Waals surface area contributed by atoms with Crippen LogP contribution in [0.25, 0.3) is 0 Å². The molecule has 1 aliphatic heterocycles. The molecule has 0 bridgehead atoms. The maximum Gasteiger partial charge on any atom is 0.246 e. The van der Waals surface area contributed by atoms with Crippen molar-refractivity contribution < 1.29 is 21.2 Å². The molecule has 1 heterocycles. The molecule has 0 aromatic heterocycles. The average Bonchev–Trinajstić information content (AvgIpc) is 2.69. The number of rotatable bonds is 6. The van der Waals surface area contributed by atoms with Crippen LogP contribution in [0, 0.1) is 19.7 Å². The van der Waals surface area contributed by atoms with Crippen molar-refractivity contribution in [2.24, 2.45) is 0 Å². The highest BCUT2D eigenvalue weighted by atomic mass is 32.2. The second-order valence-electron chi connectivity index (χ2n) is 7.26. The predicted octanol–water partition coefficient (Wildman–Crippen LogP) is 2.22. The topological polar surface area (TPSA) is 74.8 Å². The Morgan fingerprint density at radius 1 is 0.897 bits per heavy atom. The molecule has 1 fully saturated rings. The van der Waals surface area contributed by atoms with Gasteiger partial charge in [0.25, 0.3) is 0 Å². The Morgan fingerprint density at radius 2 is 1.55 bits per heavy atom. The van der Waals surface area contributed by atoms with Gasteiger partial charge in [0.1, 0.15) is 10.7 Å². The summed E-state index contributed by atoms with van der Waals surface area (Å²) in [5.41, 5.74) is 1.61. The van der Waals surface area contributed by atoms with E-state index in [1.807, 2.05) is 17.9 Å². The third kappa shape index (κ3) is 4.85. The molecule has 2 aromatic carbocycles. The normalized spacial score (nSPS) is 16.8. The van der Waals surface area contributed by atoms with Crippen molar-refractivity contribution in [3.63, 3.8) is 0 Å². The zero-order chi connectivity index (χ0) is 21.2. The zero-order valence-electron chi connectivity index (χ0n) is 16.5. The number of aryl methyl sites for hydroxylation is 2. The van der Waals surface area contributed by atoms with Crippen LogP contribution in [0.4, 0.5) is 4.39 Å². The molecule has 2 aromatic rings. The number of hydrogen-bond donors (Lipinski definition) is 0. The minimum absolute atomic E-state index is 0.0304. The monoisotopic (exact) mass is 440 g/mol. The molecule has 6 nitrogen and oxygen atoms in total. The minimum atomic E-state index is -3.90. The van der Waals surface area contributed by atoms with Crippen LogP contribution in [0.15, 0.2) is 52.3 Å². The third-order valence-electron chi connectivity index (χ3n) is 5.14. The first kappa shape index (κ1) is 21.9. The lowest BCUT2D eigenvalue weighted by molar-refractivity contribution is 0.196.